The third kappa shape index (κ3) is 1.97. The Bertz CT molecular complexity index is 547. The topological polar surface area (TPSA) is 17.1 Å². The molecule has 1 saturated carbocycles. The van der Waals surface area contributed by atoms with E-state index in [-0.39, 0.29) is 0 Å². The Morgan fingerprint density at radius 1 is 1.06 bits per heavy atom. The zero-order valence-corrected chi connectivity index (χ0v) is 9.86. The van der Waals surface area contributed by atoms with Gasteiger partial charge in [0.2, 0.25) is 0 Å². The van der Waals surface area contributed by atoms with Crippen LogP contribution in [-0.4, -0.2) is 5.78 Å². The van der Waals surface area contributed by atoms with Crippen molar-refractivity contribution in [2.24, 2.45) is 5.92 Å². The van der Waals surface area contributed by atoms with Gasteiger partial charge in [-0.1, -0.05) is 48.9 Å². The van der Waals surface area contributed by atoms with Crippen molar-refractivity contribution < 1.29 is 4.79 Å². The second-order valence-electron chi connectivity index (χ2n) is 4.91. The highest BCUT2D eigenvalue weighted by molar-refractivity contribution is 5.91. The molecule has 3 rings (SSSR count). The van der Waals surface area contributed by atoms with Crippen LogP contribution < -0.4 is 0 Å². The summed E-state index contributed by atoms with van der Waals surface area (Å²) in [6.45, 7) is 0. The lowest BCUT2D eigenvalue weighted by atomic mass is 9.80. The smallest absolute Gasteiger partial charge is 0.140 e. The molecule has 0 unspecified atom stereocenters. The molecule has 0 amide bonds. The first-order chi connectivity index (χ1) is 8.34. The molecule has 2 aromatic rings. The predicted molar refractivity (Wildman–Crippen MR) is 70.0 cm³/mol. The van der Waals surface area contributed by atoms with Crippen molar-refractivity contribution in [2.45, 2.75) is 25.7 Å². The van der Waals surface area contributed by atoms with E-state index in [0.29, 0.717) is 18.1 Å². The van der Waals surface area contributed by atoms with Crippen molar-refractivity contribution in [2.75, 3.05) is 0 Å². The van der Waals surface area contributed by atoms with Crippen LogP contribution in [0.25, 0.3) is 10.8 Å². The number of carbonyl (C=O) groups excluding carboxylic acids is 1. The van der Waals surface area contributed by atoms with Crippen molar-refractivity contribution in [1.29, 1.82) is 0 Å². The van der Waals surface area contributed by atoms with Crippen molar-refractivity contribution in [3.05, 3.63) is 48.0 Å². The Morgan fingerprint density at radius 2 is 1.82 bits per heavy atom. The second kappa shape index (κ2) is 4.33. The van der Waals surface area contributed by atoms with Gasteiger partial charge in [0.1, 0.15) is 5.78 Å². The molecule has 1 heteroatoms. The summed E-state index contributed by atoms with van der Waals surface area (Å²) in [6, 6.07) is 14.5. The minimum atomic E-state index is 0.342. The average Bonchev–Trinajstić information content (AvgIpc) is 2.27. The highest BCUT2D eigenvalue weighted by atomic mass is 16.1. The summed E-state index contributed by atoms with van der Waals surface area (Å²) in [5, 5.41) is 2.45. The van der Waals surface area contributed by atoms with Gasteiger partial charge in [-0.3, -0.25) is 4.79 Å². The van der Waals surface area contributed by atoms with Gasteiger partial charge in [-0.25, -0.2) is 0 Å². The second-order valence-corrected chi connectivity index (χ2v) is 4.91. The SMILES string of the molecule is O=C(Cc1cccc2ccccc12)C1CCC1. The molecular formula is C16H16O. The molecule has 0 N–H and O–H groups in total. The summed E-state index contributed by atoms with van der Waals surface area (Å²) in [5.41, 5.74) is 1.18. The largest absolute Gasteiger partial charge is 0.299 e. The van der Waals surface area contributed by atoms with Gasteiger partial charge in [-0.2, -0.15) is 0 Å². The number of fused-ring (bicyclic) bond motifs is 1. The first-order valence-corrected chi connectivity index (χ1v) is 6.34. The number of Topliss-reactive ketones (excluding diaryl/α,β-unsaturated/α-hetero) is 1. The predicted octanol–water partition coefficient (Wildman–Crippen LogP) is 3.75. The van der Waals surface area contributed by atoms with Gasteiger partial charge in [-0.05, 0) is 29.2 Å². The van der Waals surface area contributed by atoms with Crippen molar-refractivity contribution in [3.8, 4) is 0 Å². The van der Waals surface area contributed by atoms with E-state index >= 15 is 0 Å². The molecule has 0 radical (unpaired) electrons. The van der Waals surface area contributed by atoms with Crippen LogP contribution in [0.2, 0.25) is 0 Å². The number of carbonyl (C=O) groups is 1. The van der Waals surface area contributed by atoms with Crippen molar-refractivity contribution >= 4 is 16.6 Å². The molecule has 0 spiro atoms. The Hall–Kier alpha value is -1.63. The molecule has 0 aliphatic heterocycles. The van der Waals surface area contributed by atoms with E-state index in [9.17, 15) is 4.79 Å². The van der Waals surface area contributed by atoms with E-state index in [1.165, 1.54) is 22.8 Å². The number of hydrogen-bond acceptors (Lipinski definition) is 1. The van der Waals surface area contributed by atoms with Gasteiger partial charge in [0.25, 0.3) is 0 Å². The fourth-order valence-electron chi connectivity index (χ4n) is 2.51. The van der Waals surface area contributed by atoms with Crippen molar-refractivity contribution in [3.63, 3.8) is 0 Å². The van der Waals surface area contributed by atoms with E-state index in [1.54, 1.807) is 0 Å². The van der Waals surface area contributed by atoms with Crippen LogP contribution >= 0.6 is 0 Å². The summed E-state index contributed by atoms with van der Waals surface area (Å²) >= 11 is 0. The van der Waals surface area contributed by atoms with E-state index in [4.69, 9.17) is 0 Å². The maximum absolute atomic E-state index is 12.0. The maximum atomic E-state index is 12.0. The van der Waals surface area contributed by atoms with Crippen LogP contribution in [0, 0.1) is 5.92 Å². The minimum Gasteiger partial charge on any atom is -0.299 e. The number of ketones is 1. The monoisotopic (exact) mass is 224 g/mol. The van der Waals surface area contributed by atoms with Gasteiger partial charge in [0, 0.05) is 12.3 Å². The van der Waals surface area contributed by atoms with Gasteiger partial charge >= 0.3 is 0 Å². The highest BCUT2D eigenvalue weighted by Crippen LogP contribution is 2.29. The molecule has 86 valence electrons. The van der Waals surface area contributed by atoms with Crippen LogP contribution in [-0.2, 0) is 11.2 Å². The fraction of sp³-hybridized carbons (Fsp3) is 0.312. The molecule has 2 aromatic carbocycles. The molecule has 17 heavy (non-hydrogen) atoms. The summed E-state index contributed by atoms with van der Waals surface area (Å²) in [6.07, 6.45) is 4.03. The lowest BCUT2D eigenvalue weighted by Crippen LogP contribution is -2.23. The summed E-state index contributed by atoms with van der Waals surface area (Å²) in [7, 11) is 0. The summed E-state index contributed by atoms with van der Waals surface area (Å²) < 4.78 is 0. The lowest BCUT2D eigenvalue weighted by molar-refractivity contribution is -0.124. The Balaban J connectivity index is 1.91. The van der Waals surface area contributed by atoms with Gasteiger partial charge in [0.15, 0.2) is 0 Å². The third-order valence-corrected chi connectivity index (χ3v) is 3.81. The molecule has 0 heterocycles. The Labute approximate surface area is 101 Å². The molecule has 0 bridgehead atoms. The van der Waals surface area contributed by atoms with E-state index in [0.717, 1.165) is 12.8 Å². The van der Waals surface area contributed by atoms with Gasteiger partial charge < -0.3 is 0 Å². The standard InChI is InChI=1S/C16H16O/c17-16(13-7-4-8-13)11-14-9-3-6-12-5-1-2-10-15(12)14/h1-3,5-6,9-10,13H,4,7-8,11H2. The van der Waals surface area contributed by atoms with Crippen molar-refractivity contribution in [1.82, 2.24) is 0 Å². The highest BCUT2D eigenvalue weighted by Gasteiger charge is 2.25. The van der Waals surface area contributed by atoms with E-state index in [1.807, 2.05) is 18.2 Å². The molecule has 0 aromatic heterocycles. The Kier molecular flexibility index (Phi) is 2.68. The first-order valence-electron chi connectivity index (χ1n) is 6.34. The number of benzene rings is 2. The minimum absolute atomic E-state index is 0.342. The van der Waals surface area contributed by atoms with Crippen LogP contribution in [0.3, 0.4) is 0 Å². The average molecular weight is 224 g/mol. The molecule has 1 aliphatic carbocycles. The molecule has 0 saturated heterocycles. The van der Waals surface area contributed by atoms with Crippen LogP contribution in [0.5, 0.6) is 0 Å². The Morgan fingerprint density at radius 3 is 2.59 bits per heavy atom. The summed E-state index contributed by atoms with van der Waals surface area (Å²) in [5.74, 6) is 0.765. The normalized spacial score (nSPS) is 15.8. The molecule has 0 atom stereocenters. The van der Waals surface area contributed by atoms with Crippen LogP contribution in [0.1, 0.15) is 24.8 Å². The first kappa shape index (κ1) is 10.5. The maximum Gasteiger partial charge on any atom is 0.140 e. The third-order valence-electron chi connectivity index (χ3n) is 3.81. The van der Waals surface area contributed by atoms with Gasteiger partial charge in [-0.15, -0.1) is 0 Å². The van der Waals surface area contributed by atoms with Gasteiger partial charge in [0.05, 0.1) is 0 Å². The van der Waals surface area contributed by atoms with Crippen LogP contribution in [0.15, 0.2) is 42.5 Å². The van der Waals surface area contributed by atoms with E-state index in [2.05, 4.69) is 24.3 Å². The lowest BCUT2D eigenvalue weighted by Gasteiger charge is -2.23. The quantitative estimate of drug-likeness (QED) is 0.776. The fourth-order valence-corrected chi connectivity index (χ4v) is 2.51. The molecular weight excluding hydrogens is 208 g/mol. The van der Waals surface area contributed by atoms with Crippen LogP contribution in [0.4, 0.5) is 0 Å². The zero-order chi connectivity index (χ0) is 11.7. The number of hydrogen-bond donors (Lipinski definition) is 0. The molecule has 1 nitrogen and oxygen atoms in total. The number of rotatable bonds is 3. The van der Waals surface area contributed by atoms with E-state index < -0.39 is 0 Å². The summed E-state index contributed by atoms with van der Waals surface area (Å²) in [4.78, 5) is 12.0. The molecule has 1 fully saturated rings. The zero-order valence-electron chi connectivity index (χ0n) is 9.86. The molecule has 1 aliphatic rings.